The first-order chi connectivity index (χ1) is 5.83. The molecule has 2 heteroatoms. The van der Waals surface area contributed by atoms with Crippen LogP contribution in [0.5, 0.6) is 5.75 Å². The molecule has 0 N–H and O–H groups in total. The zero-order valence-corrected chi connectivity index (χ0v) is 9.37. The van der Waals surface area contributed by atoms with E-state index in [2.05, 4.69) is 41.6 Å². The smallest absolute Gasteiger partial charge is 0.119 e. The monoisotopic (exact) mass is 276 g/mol. The Balaban J connectivity index is 2.37. The number of rotatable bonds is 4. The van der Waals surface area contributed by atoms with Crippen LogP contribution in [0.1, 0.15) is 12.0 Å². The predicted octanol–water partition coefficient (Wildman–Crippen LogP) is 3.20. The van der Waals surface area contributed by atoms with Gasteiger partial charge in [0, 0.05) is 4.43 Å². The van der Waals surface area contributed by atoms with Crippen LogP contribution < -0.4 is 4.74 Å². The molecule has 0 radical (unpaired) electrons. The van der Waals surface area contributed by atoms with Crippen molar-refractivity contribution >= 4 is 22.6 Å². The van der Waals surface area contributed by atoms with Crippen molar-refractivity contribution in [2.24, 2.45) is 0 Å². The van der Waals surface area contributed by atoms with E-state index in [1.165, 1.54) is 5.56 Å². The van der Waals surface area contributed by atoms with Crippen LogP contribution in [0.15, 0.2) is 24.3 Å². The zero-order chi connectivity index (χ0) is 8.81. The largest absolute Gasteiger partial charge is 0.494 e. The van der Waals surface area contributed by atoms with Gasteiger partial charge in [-0.05, 0) is 25.5 Å². The fourth-order valence-corrected chi connectivity index (χ4v) is 1.19. The van der Waals surface area contributed by atoms with Gasteiger partial charge in [0.15, 0.2) is 0 Å². The first kappa shape index (κ1) is 9.84. The highest BCUT2D eigenvalue weighted by molar-refractivity contribution is 14.1. The van der Waals surface area contributed by atoms with Gasteiger partial charge >= 0.3 is 0 Å². The zero-order valence-electron chi connectivity index (χ0n) is 7.22. The molecule has 0 aliphatic rings. The van der Waals surface area contributed by atoms with Gasteiger partial charge in [-0.3, -0.25) is 0 Å². The lowest BCUT2D eigenvalue weighted by molar-refractivity contribution is 0.319. The van der Waals surface area contributed by atoms with E-state index in [4.69, 9.17) is 4.74 Å². The standard InChI is InChI=1S/C10H13IO/c1-9-3-5-10(6-4-9)12-8-2-7-11/h3-6H,2,7-8H2,1H3. The number of halogens is 1. The Morgan fingerprint density at radius 2 is 1.92 bits per heavy atom. The third-order valence-electron chi connectivity index (χ3n) is 1.57. The van der Waals surface area contributed by atoms with Gasteiger partial charge in [0.1, 0.15) is 5.75 Å². The van der Waals surface area contributed by atoms with Crippen molar-refractivity contribution in [3.8, 4) is 5.75 Å². The van der Waals surface area contributed by atoms with E-state index < -0.39 is 0 Å². The summed E-state index contributed by atoms with van der Waals surface area (Å²) in [7, 11) is 0. The van der Waals surface area contributed by atoms with E-state index in [0.717, 1.165) is 23.2 Å². The molecule has 0 heterocycles. The first-order valence-electron chi connectivity index (χ1n) is 4.08. The fourth-order valence-electron chi connectivity index (χ4n) is 0.879. The molecule has 0 aliphatic heterocycles. The summed E-state index contributed by atoms with van der Waals surface area (Å²) in [6, 6.07) is 8.17. The van der Waals surface area contributed by atoms with Crippen LogP contribution in [0.25, 0.3) is 0 Å². The highest BCUT2D eigenvalue weighted by Gasteiger charge is 1.91. The van der Waals surface area contributed by atoms with Gasteiger partial charge < -0.3 is 4.74 Å². The second-order valence-electron chi connectivity index (χ2n) is 2.70. The molecule has 0 saturated carbocycles. The number of ether oxygens (including phenoxy) is 1. The maximum atomic E-state index is 5.50. The molecule has 12 heavy (non-hydrogen) atoms. The van der Waals surface area contributed by atoms with Crippen LogP contribution in [-0.4, -0.2) is 11.0 Å². The van der Waals surface area contributed by atoms with Gasteiger partial charge in [-0.2, -0.15) is 0 Å². The Bertz CT molecular complexity index is 218. The third-order valence-corrected chi connectivity index (χ3v) is 2.33. The van der Waals surface area contributed by atoms with Gasteiger partial charge in [-0.25, -0.2) is 0 Å². The molecule has 1 nitrogen and oxygen atoms in total. The summed E-state index contributed by atoms with van der Waals surface area (Å²) in [5.41, 5.74) is 1.27. The van der Waals surface area contributed by atoms with Crippen molar-refractivity contribution < 1.29 is 4.74 Å². The minimum Gasteiger partial charge on any atom is -0.494 e. The summed E-state index contributed by atoms with van der Waals surface area (Å²) < 4.78 is 6.65. The molecule has 0 atom stereocenters. The number of hydrogen-bond donors (Lipinski definition) is 0. The topological polar surface area (TPSA) is 9.23 Å². The first-order valence-corrected chi connectivity index (χ1v) is 5.61. The van der Waals surface area contributed by atoms with Crippen LogP contribution in [-0.2, 0) is 0 Å². The average molecular weight is 276 g/mol. The predicted molar refractivity (Wildman–Crippen MR) is 60.2 cm³/mol. The van der Waals surface area contributed by atoms with Gasteiger partial charge in [0.2, 0.25) is 0 Å². The van der Waals surface area contributed by atoms with Crippen LogP contribution in [0.4, 0.5) is 0 Å². The summed E-state index contributed by atoms with van der Waals surface area (Å²) >= 11 is 2.36. The van der Waals surface area contributed by atoms with Crippen molar-refractivity contribution in [2.75, 3.05) is 11.0 Å². The summed E-state index contributed by atoms with van der Waals surface area (Å²) in [5, 5.41) is 0. The molecular formula is C10H13IO. The molecule has 0 unspecified atom stereocenters. The number of alkyl halides is 1. The van der Waals surface area contributed by atoms with E-state index in [0.29, 0.717) is 0 Å². The van der Waals surface area contributed by atoms with Crippen molar-refractivity contribution in [3.05, 3.63) is 29.8 Å². The van der Waals surface area contributed by atoms with Crippen LogP contribution >= 0.6 is 22.6 Å². The molecule has 1 aromatic rings. The maximum Gasteiger partial charge on any atom is 0.119 e. The molecular weight excluding hydrogens is 263 g/mol. The molecule has 66 valence electrons. The summed E-state index contributed by atoms with van der Waals surface area (Å²) in [6.45, 7) is 2.90. The van der Waals surface area contributed by atoms with Crippen molar-refractivity contribution in [1.82, 2.24) is 0 Å². The van der Waals surface area contributed by atoms with Gasteiger partial charge in [-0.15, -0.1) is 0 Å². The number of aryl methyl sites for hydroxylation is 1. The summed E-state index contributed by atoms with van der Waals surface area (Å²) in [4.78, 5) is 0. The second kappa shape index (κ2) is 5.41. The summed E-state index contributed by atoms with van der Waals surface area (Å²) in [5.74, 6) is 0.977. The third kappa shape index (κ3) is 3.43. The van der Waals surface area contributed by atoms with Crippen molar-refractivity contribution in [1.29, 1.82) is 0 Å². The molecule has 0 fully saturated rings. The van der Waals surface area contributed by atoms with Crippen LogP contribution in [0.2, 0.25) is 0 Å². The normalized spacial score (nSPS) is 9.83. The van der Waals surface area contributed by atoms with E-state index >= 15 is 0 Å². The minimum absolute atomic E-state index is 0.825. The molecule has 0 bridgehead atoms. The molecule has 0 aromatic heterocycles. The highest BCUT2D eigenvalue weighted by Crippen LogP contribution is 2.11. The van der Waals surface area contributed by atoms with E-state index in [-0.39, 0.29) is 0 Å². The van der Waals surface area contributed by atoms with E-state index in [1.54, 1.807) is 0 Å². The molecule has 0 aliphatic carbocycles. The number of benzene rings is 1. The Morgan fingerprint density at radius 1 is 1.25 bits per heavy atom. The van der Waals surface area contributed by atoms with E-state index in [9.17, 15) is 0 Å². The Kier molecular flexibility index (Phi) is 4.43. The lowest BCUT2D eigenvalue weighted by Crippen LogP contribution is -1.97. The van der Waals surface area contributed by atoms with Gasteiger partial charge in [-0.1, -0.05) is 40.3 Å². The highest BCUT2D eigenvalue weighted by atomic mass is 127. The lowest BCUT2D eigenvalue weighted by Gasteiger charge is -2.04. The minimum atomic E-state index is 0.825. The van der Waals surface area contributed by atoms with Crippen molar-refractivity contribution in [3.63, 3.8) is 0 Å². The fraction of sp³-hybridized carbons (Fsp3) is 0.400. The Labute approximate surface area is 87.3 Å². The molecule has 0 saturated heterocycles. The second-order valence-corrected chi connectivity index (χ2v) is 3.78. The quantitative estimate of drug-likeness (QED) is 0.466. The van der Waals surface area contributed by atoms with Crippen molar-refractivity contribution in [2.45, 2.75) is 13.3 Å². The molecule has 0 amide bonds. The van der Waals surface area contributed by atoms with E-state index in [1.807, 2.05) is 12.1 Å². The molecule has 1 rings (SSSR count). The van der Waals surface area contributed by atoms with Crippen LogP contribution in [0, 0.1) is 6.92 Å². The van der Waals surface area contributed by atoms with Gasteiger partial charge in [0.05, 0.1) is 6.61 Å². The van der Waals surface area contributed by atoms with Gasteiger partial charge in [0.25, 0.3) is 0 Å². The Hall–Kier alpha value is -0.250. The average Bonchev–Trinajstić information content (AvgIpc) is 2.09. The molecule has 0 spiro atoms. The number of hydrogen-bond acceptors (Lipinski definition) is 1. The summed E-state index contributed by atoms with van der Waals surface area (Å²) in [6.07, 6.45) is 1.12. The maximum absolute atomic E-state index is 5.50. The van der Waals surface area contributed by atoms with Crippen LogP contribution in [0.3, 0.4) is 0 Å². The SMILES string of the molecule is Cc1ccc(OCCCI)cc1. The lowest BCUT2D eigenvalue weighted by atomic mass is 10.2. The molecule has 1 aromatic carbocycles. The Morgan fingerprint density at radius 3 is 2.50 bits per heavy atom.